The van der Waals surface area contributed by atoms with Crippen LogP contribution >= 0.6 is 0 Å². The van der Waals surface area contributed by atoms with Gasteiger partial charge in [-0.2, -0.15) is 0 Å². The second-order valence-corrected chi connectivity index (χ2v) is 8.78. The lowest BCUT2D eigenvalue weighted by Crippen LogP contribution is -2.44. The number of furan rings is 1. The molecule has 2 amide bonds. The quantitative estimate of drug-likeness (QED) is 0.686. The molecule has 2 unspecified atom stereocenters. The van der Waals surface area contributed by atoms with E-state index in [0.29, 0.717) is 43.3 Å². The molecule has 2 heterocycles. The van der Waals surface area contributed by atoms with Gasteiger partial charge < -0.3 is 14.6 Å². The molecule has 0 spiro atoms. The molecule has 1 fully saturated rings. The third kappa shape index (κ3) is 5.13. The second-order valence-electron chi connectivity index (χ2n) is 8.78. The molecule has 2 atom stereocenters. The lowest BCUT2D eigenvalue weighted by molar-refractivity contribution is -0.127. The van der Waals surface area contributed by atoms with E-state index < -0.39 is 0 Å². The van der Waals surface area contributed by atoms with Gasteiger partial charge in [0.05, 0.1) is 17.9 Å². The van der Waals surface area contributed by atoms with Gasteiger partial charge in [0, 0.05) is 19.0 Å². The Morgan fingerprint density at radius 2 is 1.70 bits per heavy atom. The number of nitrogens with one attached hydrogen (secondary N) is 1. The molecule has 3 rings (SSSR count). The Hall–Kier alpha value is -2.56. The van der Waals surface area contributed by atoms with Crippen molar-refractivity contribution < 1.29 is 14.0 Å². The van der Waals surface area contributed by atoms with Crippen molar-refractivity contribution in [2.24, 2.45) is 11.8 Å². The highest BCUT2D eigenvalue weighted by Crippen LogP contribution is 2.27. The van der Waals surface area contributed by atoms with Gasteiger partial charge >= 0.3 is 0 Å². The summed E-state index contributed by atoms with van der Waals surface area (Å²) in [6, 6.07) is 10.3. The minimum absolute atomic E-state index is 0.00549. The van der Waals surface area contributed by atoms with Crippen molar-refractivity contribution in [3.8, 4) is 0 Å². The zero-order valence-corrected chi connectivity index (χ0v) is 18.6. The van der Waals surface area contributed by atoms with Crippen LogP contribution in [0, 0.1) is 11.8 Å². The van der Waals surface area contributed by atoms with E-state index in [0.717, 1.165) is 12.0 Å². The first-order chi connectivity index (χ1) is 14.4. The molecule has 1 aromatic heterocycles. The molecule has 0 saturated carbocycles. The van der Waals surface area contributed by atoms with Gasteiger partial charge in [-0.25, -0.2) is 0 Å². The van der Waals surface area contributed by atoms with Crippen molar-refractivity contribution in [1.29, 1.82) is 0 Å². The van der Waals surface area contributed by atoms with Crippen LogP contribution in [0.5, 0.6) is 0 Å². The van der Waals surface area contributed by atoms with E-state index in [1.54, 1.807) is 6.07 Å². The first-order valence-electron chi connectivity index (χ1n) is 11.1. The fourth-order valence-corrected chi connectivity index (χ4v) is 4.09. The van der Waals surface area contributed by atoms with E-state index in [1.807, 2.05) is 4.90 Å². The van der Waals surface area contributed by atoms with Gasteiger partial charge in [0.25, 0.3) is 5.91 Å². The van der Waals surface area contributed by atoms with Crippen molar-refractivity contribution in [3.63, 3.8) is 0 Å². The zero-order valence-electron chi connectivity index (χ0n) is 18.6. The summed E-state index contributed by atoms with van der Waals surface area (Å²) in [5, 5.41) is 3.28. The number of piperidine rings is 1. The van der Waals surface area contributed by atoms with Gasteiger partial charge in [-0.1, -0.05) is 52.0 Å². The van der Waals surface area contributed by atoms with Gasteiger partial charge in [0.2, 0.25) is 5.91 Å². The topological polar surface area (TPSA) is 62.6 Å². The van der Waals surface area contributed by atoms with Crippen LogP contribution in [0.25, 0.3) is 0 Å². The molecule has 1 aromatic carbocycles. The van der Waals surface area contributed by atoms with E-state index in [9.17, 15) is 9.59 Å². The molecule has 5 heteroatoms. The molecule has 162 valence electrons. The largest absolute Gasteiger partial charge is 0.472 e. The van der Waals surface area contributed by atoms with Gasteiger partial charge in [0.1, 0.15) is 6.26 Å². The van der Waals surface area contributed by atoms with Gasteiger partial charge in [-0.3, -0.25) is 9.59 Å². The van der Waals surface area contributed by atoms with E-state index in [4.69, 9.17) is 4.42 Å². The lowest BCUT2D eigenvalue weighted by atomic mass is 9.90. The summed E-state index contributed by atoms with van der Waals surface area (Å²) in [6.07, 6.45) is 5.47. The average Bonchev–Trinajstić information content (AvgIpc) is 3.31. The number of carbonyl (C=O) groups is 2. The maximum Gasteiger partial charge on any atom is 0.257 e. The van der Waals surface area contributed by atoms with E-state index in [-0.39, 0.29) is 23.8 Å². The summed E-state index contributed by atoms with van der Waals surface area (Å²) in [4.78, 5) is 27.2. The number of nitrogens with zero attached hydrogens (tertiary/aromatic N) is 1. The monoisotopic (exact) mass is 410 g/mol. The molecular formula is C25H34N2O3. The molecular weight excluding hydrogens is 376 g/mol. The van der Waals surface area contributed by atoms with Crippen LogP contribution in [0.4, 0.5) is 0 Å². The average molecular weight is 411 g/mol. The summed E-state index contributed by atoms with van der Waals surface area (Å²) in [5.41, 5.74) is 3.06. The van der Waals surface area contributed by atoms with E-state index in [2.05, 4.69) is 57.3 Å². The molecule has 1 saturated heterocycles. The number of hydrogen-bond donors (Lipinski definition) is 1. The number of amides is 2. The Balaban J connectivity index is 1.59. The number of benzene rings is 1. The van der Waals surface area contributed by atoms with Crippen LogP contribution in [-0.4, -0.2) is 29.8 Å². The van der Waals surface area contributed by atoms with Crippen molar-refractivity contribution in [2.75, 3.05) is 13.1 Å². The highest BCUT2D eigenvalue weighted by atomic mass is 16.3. The Morgan fingerprint density at radius 3 is 2.23 bits per heavy atom. The summed E-state index contributed by atoms with van der Waals surface area (Å²) >= 11 is 0. The summed E-state index contributed by atoms with van der Waals surface area (Å²) < 4.78 is 5.01. The minimum Gasteiger partial charge on any atom is -0.472 e. The van der Waals surface area contributed by atoms with Gasteiger partial charge in [0.15, 0.2) is 0 Å². The van der Waals surface area contributed by atoms with E-state index >= 15 is 0 Å². The third-order valence-corrected chi connectivity index (χ3v) is 6.36. The minimum atomic E-state index is -0.0564. The predicted octanol–water partition coefficient (Wildman–Crippen LogP) is 5.16. The first-order valence-corrected chi connectivity index (χ1v) is 11.1. The Morgan fingerprint density at radius 1 is 1.07 bits per heavy atom. The van der Waals surface area contributed by atoms with Crippen molar-refractivity contribution in [3.05, 3.63) is 59.5 Å². The summed E-state index contributed by atoms with van der Waals surface area (Å²) in [6.45, 7) is 9.90. The second kappa shape index (κ2) is 9.96. The first kappa shape index (κ1) is 22.1. The molecule has 2 aromatic rings. The fraction of sp³-hybridized carbons (Fsp3) is 0.520. The maximum atomic E-state index is 13.0. The smallest absolute Gasteiger partial charge is 0.257 e. The van der Waals surface area contributed by atoms with Crippen LogP contribution in [-0.2, 0) is 4.79 Å². The summed E-state index contributed by atoms with van der Waals surface area (Å²) in [7, 11) is 0. The van der Waals surface area contributed by atoms with Crippen LogP contribution < -0.4 is 5.32 Å². The molecule has 1 aliphatic heterocycles. The normalized spacial score (nSPS) is 17.0. The van der Waals surface area contributed by atoms with Crippen molar-refractivity contribution >= 4 is 11.8 Å². The molecule has 0 aliphatic carbocycles. The summed E-state index contributed by atoms with van der Waals surface area (Å²) in [5.74, 6) is 0.852. The highest BCUT2D eigenvalue weighted by Gasteiger charge is 2.30. The van der Waals surface area contributed by atoms with Gasteiger partial charge in [-0.15, -0.1) is 0 Å². The number of hydrogen-bond acceptors (Lipinski definition) is 3. The zero-order chi connectivity index (χ0) is 21.7. The standard InChI is InChI=1S/C25H34N2O3/c1-5-18(4)19-6-8-20(9-7-19)23(17(2)3)26-24(28)21-10-13-27(14-11-21)25(29)22-12-15-30-16-22/h6-9,12,15-18,21,23H,5,10-11,13-14H2,1-4H3,(H,26,28). The molecule has 1 N–H and O–H groups in total. The fourth-order valence-electron chi connectivity index (χ4n) is 4.09. The SMILES string of the molecule is CCC(C)c1ccc(C(NC(=O)C2CCN(C(=O)c3ccoc3)CC2)C(C)C)cc1. The number of rotatable bonds is 7. The number of carbonyl (C=O) groups excluding carboxylic acids is 2. The molecule has 5 nitrogen and oxygen atoms in total. The Bertz CT molecular complexity index is 819. The van der Waals surface area contributed by atoms with Crippen molar-refractivity contribution in [1.82, 2.24) is 10.2 Å². The molecule has 0 bridgehead atoms. The van der Waals surface area contributed by atoms with Crippen LogP contribution in [0.15, 0.2) is 47.3 Å². The van der Waals surface area contributed by atoms with Crippen LogP contribution in [0.1, 0.15) is 80.4 Å². The molecule has 0 radical (unpaired) electrons. The highest BCUT2D eigenvalue weighted by molar-refractivity contribution is 5.94. The molecule has 30 heavy (non-hydrogen) atoms. The Labute approximate surface area is 179 Å². The number of likely N-dealkylation sites (tertiary alicyclic amines) is 1. The lowest BCUT2D eigenvalue weighted by Gasteiger charge is -2.32. The van der Waals surface area contributed by atoms with Crippen LogP contribution in [0.3, 0.4) is 0 Å². The predicted molar refractivity (Wildman–Crippen MR) is 118 cm³/mol. The Kier molecular flexibility index (Phi) is 7.35. The maximum absolute atomic E-state index is 13.0. The van der Waals surface area contributed by atoms with Gasteiger partial charge in [-0.05, 0) is 48.3 Å². The van der Waals surface area contributed by atoms with Crippen molar-refractivity contribution in [2.45, 2.75) is 58.9 Å². The third-order valence-electron chi connectivity index (χ3n) is 6.36. The molecule has 1 aliphatic rings. The van der Waals surface area contributed by atoms with E-state index in [1.165, 1.54) is 18.1 Å². The van der Waals surface area contributed by atoms with Crippen LogP contribution in [0.2, 0.25) is 0 Å².